The molecular weight excluding hydrogens is 192 g/mol. The molecule has 0 saturated carbocycles. The predicted molar refractivity (Wildman–Crippen MR) is 56.9 cm³/mol. The Balaban J connectivity index is 2.33. The highest BCUT2D eigenvalue weighted by molar-refractivity contribution is 5.77. The van der Waals surface area contributed by atoms with E-state index in [0.717, 1.165) is 16.7 Å². The van der Waals surface area contributed by atoms with Gasteiger partial charge >= 0.3 is 6.03 Å². The van der Waals surface area contributed by atoms with Crippen LogP contribution in [-0.2, 0) is 0 Å². The summed E-state index contributed by atoms with van der Waals surface area (Å²) < 4.78 is 0. The van der Waals surface area contributed by atoms with Gasteiger partial charge in [0, 0.05) is 6.54 Å². The molecule has 1 fully saturated rings. The minimum absolute atomic E-state index is 0.00972. The zero-order valence-electron chi connectivity index (χ0n) is 8.79. The van der Waals surface area contributed by atoms with Crippen LogP contribution in [0.4, 0.5) is 4.79 Å². The molecule has 3 N–H and O–H groups in total. The molecular formula is C11H14N2O2. The van der Waals surface area contributed by atoms with Gasteiger partial charge in [0.2, 0.25) is 0 Å². The van der Waals surface area contributed by atoms with Gasteiger partial charge in [-0.2, -0.15) is 0 Å². The van der Waals surface area contributed by atoms with Gasteiger partial charge in [-0.1, -0.05) is 12.1 Å². The second-order valence-corrected chi connectivity index (χ2v) is 3.91. The van der Waals surface area contributed by atoms with Crippen LogP contribution in [-0.4, -0.2) is 17.7 Å². The molecule has 0 aliphatic carbocycles. The van der Waals surface area contributed by atoms with E-state index in [0.29, 0.717) is 12.3 Å². The molecule has 1 heterocycles. The molecule has 0 bridgehead atoms. The second kappa shape index (κ2) is 3.46. The number of benzene rings is 1. The first-order chi connectivity index (χ1) is 7.08. The van der Waals surface area contributed by atoms with Gasteiger partial charge in [-0.15, -0.1) is 0 Å². The number of urea groups is 1. The largest absolute Gasteiger partial charge is 0.507 e. The molecule has 4 heteroatoms. The monoisotopic (exact) mass is 206 g/mol. The first-order valence-electron chi connectivity index (χ1n) is 4.92. The molecule has 1 aliphatic heterocycles. The summed E-state index contributed by atoms with van der Waals surface area (Å²) in [6.45, 7) is 4.31. The van der Waals surface area contributed by atoms with Gasteiger partial charge in [-0.25, -0.2) is 4.79 Å². The molecule has 2 amide bonds. The number of rotatable bonds is 1. The molecule has 4 nitrogen and oxygen atoms in total. The highest BCUT2D eigenvalue weighted by atomic mass is 16.3. The Bertz CT molecular complexity index is 392. The maximum absolute atomic E-state index is 11.0. The number of carbonyl (C=O) groups excluding carboxylic acids is 1. The summed E-state index contributed by atoms with van der Waals surface area (Å²) in [7, 11) is 0. The fourth-order valence-electron chi connectivity index (χ4n) is 1.85. The van der Waals surface area contributed by atoms with Crippen molar-refractivity contribution in [3.63, 3.8) is 0 Å². The Labute approximate surface area is 88.3 Å². The van der Waals surface area contributed by atoms with Gasteiger partial charge in [0.05, 0.1) is 6.04 Å². The van der Waals surface area contributed by atoms with Crippen molar-refractivity contribution in [1.29, 1.82) is 0 Å². The highest BCUT2D eigenvalue weighted by Gasteiger charge is 2.22. The number of aromatic hydroxyl groups is 1. The number of carbonyl (C=O) groups is 1. The predicted octanol–water partition coefficient (Wildman–Crippen LogP) is 1.36. The summed E-state index contributed by atoms with van der Waals surface area (Å²) in [4.78, 5) is 11.0. The van der Waals surface area contributed by atoms with E-state index in [1.54, 1.807) is 0 Å². The van der Waals surface area contributed by atoms with Crippen LogP contribution >= 0.6 is 0 Å². The maximum Gasteiger partial charge on any atom is 0.315 e. The van der Waals surface area contributed by atoms with Crippen LogP contribution in [0.3, 0.4) is 0 Å². The van der Waals surface area contributed by atoms with E-state index in [1.165, 1.54) is 0 Å². The molecule has 0 spiro atoms. The summed E-state index contributed by atoms with van der Waals surface area (Å²) in [6.07, 6.45) is 0. The number of hydrogen-bond acceptors (Lipinski definition) is 2. The van der Waals surface area contributed by atoms with E-state index in [4.69, 9.17) is 0 Å². The van der Waals surface area contributed by atoms with E-state index >= 15 is 0 Å². The average molecular weight is 206 g/mol. The van der Waals surface area contributed by atoms with Crippen LogP contribution in [0.25, 0.3) is 0 Å². The third-order valence-corrected chi connectivity index (χ3v) is 2.69. The minimum Gasteiger partial charge on any atom is -0.507 e. The Kier molecular flexibility index (Phi) is 2.26. The molecule has 1 atom stereocenters. The zero-order valence-corrected chi connectivity index (χ0v) is 8.79. The van der Waals surface area contributed by atoms with Gasteiger partial charge in [0.25, 0.3) is 0 Å². The fourth-order valence-corrected chi connectivity index (χ4v) is 1.85. The van der Waals surface area contributed by atoms with Crippen molar-refractivity contribution in [3.8, 4) is 5.75 Å². The SMILES string of the molecule is Cc1cc([C@H]2CNC(=O)N2)cc(C)c1O. The van der Waals surface area contributed by atoms with Gasteiger partial charge in [-0.3, -0.25) is 0 Å². The second-order valence-electron chi connectivity index (χ2n) is 3.91. The lowest BCUT2D eigenvalue weighted by molar-refractivity contribution is 0.247. The molecule has 15 heavy (non-hydrogen) atoms. The van der Waals surface area contributed by atoms with Crippen molar-refractivity contribution in [3.05, 3.63) is 28.8 Å². The number of nitrogens with one attached hydrogen (secondary N) is 2. The van der Waals surface area contributed by atoms with Crippen LogP contribution in [0.5, 0.6) is 5.75 Å². The lowest BCUT2D eigenvalue weighted by Crippen LogP contribution is -2.21. The van der Waals surface area contributed by atoms with E-state index in [1.807, 2.05) is 26.0 Å². The van der Waals surface area contributed by atoms with Gasteiger partial charge in [-0.05, 0) is 30.5 Å². The quantitative estimate of drug-likeness (QED) is 0.649. The molecule has 1 aromatic carbocycles. The van der Waals surface area contributed by atoms with Crippen LogP contribution in [0.15, 0.2) is 12.1 Å². The van der Waals surface area contributed by atoms with Crippen LogP contribution in [0, 0.1) is 13.8 Å². The van der Waals surface area contributed by atoms with E-state index in [-0.39, 0.29) is 12.1 Å². The average Bonchev–Trinajstić information content (AvgIpc) is 2.60. The Hall–Kier alpha value is -1.71. The van der Waals surface area contributed by atoms with Gasteiger partial charge in [0.1, 0.15) is 5.75 Å². The third-order valence-electron chi connectivity index (χ3n) is 2.69. The lowest BCUT2D eigenvalue weighted by Gasteiger charge is -2.12. The number of aryl methyl sites for hydroxylation is 2. The highest BCUT2D eigenvalue weighted by Crippen LogP contribution is 2.26. The lowest BCUT2D eigenvalue weighted by atomic mass is 10.0. The molecule has 1 aliphatic rings. The molecule has 1 aromatic rings. The molecule has 1 saturated heterocycles. The Morgan fingerprint density at radius 3 is 2.40 bits per heavy atom. The molecule has 0 unspecified atom stereocenters. The minimum atomic E-state index is -0.136. The Morgan fingerprint density at radius 1 is 1.33 bits per heavy atom. The van der Waals surface area contributed by atoms with E-state index < -0.39 is 0 Å². The maximum atomic E-state index is 11.0. The third kappa shape index (κ3) is 1.75. The molecule has 2 rings (SSSR count). The van der Waals surface area contributed by atoms with E-state index in [9.17, 15) is 9.90 Å². The topological polar surface area (TPSA) is 61.4 Å². The van der Waals surface area contributed by atoms with Crippen LogP contribution < -0.4 is 10.6 Å². The van der Waals surface area contributed by atoms with Gasteiger partial charge in [0.15, 0.2) is 0 Å². The first kappa shape index (κ1) is 9.83. The molecule has 0 aromatic heterocycles. The fraction of sp³-hybridized carbons (Fsp3) is 0.364. The van der Waals surface area contributed by atoms with Crippen molar-refractivity contribution in [1.82, 2.24) is 10.6 Å². The summed E-state index contributed by atoms with van der Waals surface area (Å²) in [5, 5.41) is 15.1. The molecule has 80 valence electrons. The zero-order chi connectivity index (χ0) is 11.0. The smallest absolute Gasteiger partial charge is 0.315 e. The van der Waals surface area contributed by atoms with Crippen LogP contribution in [0.1, 0.15) is 22.7 Å². The van der Waals surface area contributed by atoms with Crippen molar-refractivity contribution < 1.29 is 9.90 Å². The number of amides is 2. The van der Waals surface area contributed by atoms with Crippen molar-refractivity contribution in [2.45, 2.75) is 19.9 Å². The summed E-state index contributed by atoms with van der Waals surface area (Å²) >= 11 is 0. The first-order valence-corrected chi connectivity index (χ1v) is 4.92. The summed E-state index contributed by atoms with van der Waals surface area (Å²) in [6, 6.07) is 3.68. The number of phenols is 1. The van der Waals surface area contributed by atoms with Crippen molar-refractivity contribution in [2.75, 3.05) is 6.54 Å². The van der Waals surface area contributed by atoms with Crippen molar-refractivity contribution >= 4 is 6.03 Å². The number of phenolic OH excluding ortho intramolecular Hbond substituents is 1. The van der Waals surface area contributed by atoms with E-state index in [2.05, 4.69) is 10.6 Å². The standard InChI is InChI=1S/C11H14N2O2/c1-6-3-8(4-7(2)10(6)14)9-5-12-11(15)13-9/h3-4,9,14H,5H2,1-2H3,(H2,12,13,15)/t9-/m1/s1. The Morgan fingerprint density at radius 2 is 1.93 bits per heavy atom. The van der Waals surface area contributed by atoms with Crippen LogP contribution in [0.2, 0.25) is 0 Å². The number of hydrogen-bond donors (Lipinski definition) is 3. The molecule has 0 radical (unpaired) electrons. The normalized spacial score (nSPS) is 19.9. The summed E-state index contributed by atoms with van der Waals surface area (Å²) in [5.41, 5.74) is 2.71. The van der Waals surface area contributed by atoms with Crippen molar-refractivity contribution in [2.24, 2.45) is 0 Å². The summed E-state index contributed by atoms with van der Waals surface area (Å²) in [5.74, 6) is 0.330. The van der Waals surface area contributed by atoms with Gasteiger partial charge < -0.3 is 15.7 Å².